The average molecular weight is 266 g/mol. The second kappa shape index (κ2) is 5.44. The van der Waals surface area contributed by atoms with E-state index in [4.69, 9.17) is 16.3 Å². The minimum absolute atomic E-state index is 0.347. The van der Waals surface area contributed by atoms with Gasteiger partial charge in [0.1, 0.15) is 0 Å². The molecular weight excluding hydrogens is 250 g/mol. The molecule has 4 heteroatoms. The number of methoxy groups -OCH3 is 1. The fourth-order valence-electron chi connectivity index (χ4n) is 2.04. The van der Waals surface area contributed by atoms with Crippen LogP contribution in [-0.2, 0) is 11.2 Å². The van der Waals surface area contributed by atoms with E-state index >= 15 is 0 Å². The summed E-state index contributed by atoms with van der Waals surface area (Å²) < 4.78 is 4.77. The highest BCUT2D eigenvalue weighted by Gasteiger charge is 2.16. The summed E-state index contributed by atoms with van der Waals surface area (Å²) in [6.07, 6.45) is 3.07. The molecule has 0 amide bonds. The molecule has 0 saturated carbocycles. The number of aryl methyl sites for hydroxylation is 1. The van der Waals surface area contributed by atoms with Crippen LogP contribution in [-0.4, -0.2) is 18.1 Å². The van der Waals surface area contributed by atoms with E-state index in [1.807, 2.05) is 12.1 Å². The van der Waals surface area contributed by atoms with E-state index in [1.54, 1.807) is 6.07 Å². The predicted molar refractivity (Wildman–Crippen MR) is 73.3 cm³/mol. The molecule has 0 spiro atoms. The van der Waals surface area contributed by atoms with Gasteiger partial charge in [0.05, 0.1) is 23.2 Å². The Hall–Kier alpha value is -1.48. The Kier molecular flexibility index (Phi) is 3.92. The van der Waals surface area contributed by atoms with Crippen LogP contribution in [0.25, 0.3) is 10.9 Å². The van der Waals surface area contributed by atoms with Gasteiger partial charge in [0, 0.05) is 11.1 Å². The van der Waals surface area contributed by atoms with Crippen molar-refractivity contribution in [2.45, 2.75) is 26.2 Å². The summed E-state index contributed by atoms with van der Waals surface area (Å²) in [4.78, 5) is 14.9. The Morgan fingerprint density at radius 2 is 2.22 bits per heavy atom. The second-order valence-electron chi connectivity index (χ2n) is 4.24. The lowest BCUT2D eigenvalue weighted by molar-refractivity contribution is 0.0603. The molecule has 0 fully saturated rings. The normalized spacial score (nSPS) is 10.8. The average Bonchev–Trinajstić information content (AvgIpc) is 2.72. The van der Waals surface area contributed by atoms with E-state index < -0.39 is 0 Å². The van der Waals surface area contributed by atoms with Crippen molar-refractivity contribution >= 4 is 28.5 Å². The van der Waals surface area contributed by atoms with Crippen molar-refractivity contribution in [1.82, 2.24) is 4.98 Å². The Morgan fingerprint density at radius 3 is 2.89 bits per heavy atom. The number of carbonyl (C=O) groups is 1. The third kappa shape index (κ3) is 2.23. The van der Waals surface area contributed by atoms with Gasteiger partial charge < -0.3 is 9.72 Å². The lowest BCUT2D eigenvalue weighted by atomic mass is 10.1. The van der Waals surface area contributed by atoms with Crippen LogP contribution in [0.4, 0.5) is 0 Å². The molecule has 0 atom stereocenters. The third-order valence-electron chi connectivity index (χ3n) is 3.03. The van der Waals surface area contributed by atoms with Gasteiger partial charge in [-0.1, -0.05) is 37.1 Å². The first kappa shape index (κ1) is 13.0. The lowest BCUT2D eigenvalue weighted by Crippen LogP contribution is -2.01. The van der Waals surface area contributed by atoms with Crippen LogP contribution in [0, 0.1) is 0 Å². The minimum Gasteiger partial charge on any atom is -0.465 e. The zero-order chi connectivity index (χ0) is 13.1. The molecule has 2 rings (SSSR count). The Labute approximate surface area is 111 Å². The number of rotatable bonds is 4. The molecular formula is C14H16ClNO2. The molecule has 96 valence electrons. The van der Waals surface area contributed by atoms with Crippen LogP contribution in [0.2, 0.25) is 5.02 Å². The van der Waals surface area contributed by atoms with Gasteiger partial charge in [0.2, 0.25) is 0 Å². The van der Waals surface area contributed by atoms with Crippen molar-refractivity contribution in [1.29, 1.82) is 0 Å². The molecule has 0 radical (unpaired) electrons. The Balaban J connectivity index is 2.53. The molecule has 0 unspecified atom stereocenters. The zero-order valence-corrected chi connectivity index (χ0v) is 11.3. The number of hydrogen-bond acceptors (Lipinski definition) is 2. The maximum absolute atomic E-state index is 11.7. The fraction of sp³-hybridized carbons (Fsp3) is 0.357. The number of aromatic amines is 1. The van der Waals surface area contributed by atoms with Gasteiger partial charge in [-0.3, -0.25) is 0 Å². The number of esters is 1. The quantitative estimate of drug-likeness (QED) is 0.851. The zero-order valence-electron chi connectivity index (χ0n) is 10.5. The standard InChI is InChI=1S/C14H16ClNO2/c1-3-4-8-11-12(15)9-6-5-7-10(13(9)16-11)14(17)18-2/h5-7,16H,3-4,8H2,1-2H3. The van der Waals surface area contributed by atoms with Crippen LogP contribution in [0.3, 0.4) is 0 Å². The molecule has 2 aromatic rings. The smallest absolute Gasteiger partial charge is 0.339 e. The molecule has 1 aromatic heterocycles. The summed E-state index contributed by atoms with van der Waals surface area (Å²) in [6, 6.07) is 5.47. The van der Waals surface area contributed by atoms with Crippen molar-refractivity contribution in [3.8, 4) is 0 Å². The van der Waals surface area contributed by atoms with Crippen LogP contribution in [0.1, 0.15) is 35.8 Å². The first-order chi connectivity index (χ1) is 8.69. The number of benzene rings is 1. The largest absolute Gasteiger partial charge is 0.465 e. The van der Waals surface area contributed by atoms with Crippen LogP contribution in [0.15, 0.2) is 18.2 Å². The second-order valence-corrected chi connectivity index (χ2v) is 4.62. The molecule has 0 bridgehead atoms. The molecule has 0 saturated heterocycles. The molecule has 1 N–H and O–H groups in total. The molecule has 0 aliphatic rings. The van der Waals surface area contributed by atoms with Crippen LogP contribution < -0.4 is 0 Å². The highest BCUT2D eigenvalue weighted by molar-refractivity contribution is 6.36. The van der Waals surface area contributed by atoms with Crippen LogP contribution >= 0.6 is 11.6 Å². The topological polar surface area (TPSA) is 42.1 Å². The van der Waals surface area contributed by atoms with E-state index in [2.05, 4.69) is 11.9 Å². The first-order valence-corrected chi connectivity index (χ1v) is 6.44. The van der Waals surface area contributed by atoms with Crippen molar-refractivity contribution in [2.24, 2.45) is 0 Å². The number of halogens is 1. The van der Waals surface area contributed by atoms with Gasteiger partial charge >= 0.3 is 5.97 Å². The molecule has 1 heterocycles. The Bertz CT molecular complexity index is 574. The number of ether oxygens (including phenoxy) is 1. The SMILES string of the molecule is CCCCc1[nH]c2c(C(=O)OC)cccc2c1Cl. The summed E-state index contributed by atoms with van der Waals surface area (Å²) in [5.74, 6) is -0.347. The summed E-state index contributed by atoms with van der Waals surface area (Å²) in [5.41, 5.74) is 2.28. The summed E-state index contributed by atoms with van der Waals surface area (Å²) in [7, 11) is 1.38. The summed E-state index contributed by atoms with van der Waals surface area (Å²) in [5, 5.41) is 1.59. The molecule has 1 aromatic carbocycles. The van der Waals surface area contributed by atoms with E-state index in [1.165, 1.54) is 7.11 Å². The number of hydrogen-bond donors (Lipinski definition) is 1. The number of para-hydroxylation sites is 1. The molecule has 0 aliphatic heterocycles. The number of fused-ring (bicyclic) bond motifs is 1. The van der Waals surface area contributed by atoms with E-state index in [0.717, 1.165) is 35.9 Å². The number of H-pyrrole nitrogens is 1. The maximum Gasteiger partial charge on any atom is 0.339 e. The Morgan fingerprint density at radius 1 is 1.44 bits per heavy atom. The van der Waals surface area contributed by atoms with Gasteiger partial charge in [-0.05, 0) is 18.9 Å². The van der Waals surface area contributed by atoms with Crippen molar-refractivity contribution < 1.29 is 9.53 Å². The number of nitrogens with one attached hydrogen (secondary N) is 1. The van der Waals surface area contributed by atoms with E-state index in [0.29, 0.717) is 10.6 Å². The van der Waals surface area contributed by atoms with Gasteiger partial charge in [0.15, 0.2) is 0 Å². The monoisotopic (exact) mass is 265 g/mol. The van der Waals surface area contributed by atoms with Gasteiger partial charge in [-0.25, -0.2) is 4.79 Å². The van der Waals surface area contributed by atoms with Gasteiger partial charge in [-0.15, -0.1) is 0 Å². The molecule has 0 aliphatic carbocycles. The van der Waals surface area contributed by atoms with Gasteiger partial charge in [-0.2, -0.15) is 0 Å². The third-order valence-corrected chi connectivity index (χ3v) is 3.46. The van der Waals surface area contributed by atoms with Crippen molar-refractivity contribution in [2.75, 3.05) is 7.11 Å². The van der Waals surface area contributed by atoms with E-state index in [-0.39, 0.29) is 5.97 Å². The van der Waals surface area contributed by atoms with Crippen LogP contribution in [0.5, 0.6) is 0 Å². The number of aromatic nitrogens is 1. The summed E-state index contributed by atoms with van der Waals surface area (Å²) >= 11 is 6.33. The lowest BCUT2D eigenvalue weighted by Gasteiger charge is -2.00. The van der Waals surface area contributed by atoms with Gasteiger partial charge in [0.25, 0.3) is 0 Å². The maximum atomic E-state index is 11.7. The first-order valence-electron chi connectivity index (χ1n) is 6.06. The summed E-state index contributed by atoms with van der Waals surface area (Å²) in [6.45, 7) is 2.14. The van der Waals surface area contributed by atoms with Crippen molar-refractivity contribution in [3.05, 3.63) is 34.5 Å². The number of unbranched alkanes of at least 4 members (excludes halogenated alkanes) is 1. The van der Waals surface area contributed by atoms with Crippen molar-refractivity contribution in [3.63, 3.8) is 0 Å². The minimum atomic E-state index is -0.347. The van der Waals surface area contributed by atoms with E-state index in [9.17, 15) is 4.79 Å². The number of carbonyl (C=O) groups excluding carboxylic acids is 1. The molecule has 3 nitrogen and oxygen atoms in total. The highest BCUT2D eigenvalue weighted by Crippen LogP contribution is 2.30. The fourth-order valence-corrected chi connectivity index (χ4v) is 2.34. The predicted octanol–water partition coefficient (Wildman–Crippen LogP) is 3.95. The highest BCUT2D eigenvalue weighted by atomic mass is 35.5. The molecule has 18 heavy (non-hydrogen) atoms.